The van der Waals surface area contributed by atoms with E-state index in [0.29, 0.717) is 12.8 Å². The molecular weight excluding hydrogens is 1070 g/mol. The zero-order valence-electron chi connectivity index (χ0n) is 51.2. The summed E-state index contributed by atoms with van der Waals surface area (Å²) < 4.78 is 34.2. The van der Waals surface area contributed by atoms with E-state index in [1.807, 2.05) is 6.08 Å². The molecule has 0 spiro atoms. The summed E-state index contributed by atoms with van der Waals surface area (Å²) in [5.41, 5.74) is 0. The van der Waals surface area contributed by atoms with Crippen LogP contribution in [0.5, 0.6) is 0 Å². The Morgan fingerprint density at radius 1 is 0.422 bits per heavy atom. The molecule has 17 atom stereocenters. The summed E-state index contributed by atoms with van der Waals surface area (Å²) in [6, 6.07) is -0.984. The first kappa shape index (κ1) is 75.5. The summed E-state index contributed by atoms with van der Waals surface area (Å²) in [4.78, 5) is 13.3. The van der Waals surface area contributed by atoms with E-state index in [1.54, 1.807) is 6.08 Å². The number of aliphatic hydroxyl groups excluding tert-OH is 11. The molecule has 0 aromatic heterocycles. The lowest BCUT2D eigenvalue weighted by Gasteiger charge is -2.48. The van der Waals surface area contributed by atoms with Crippen LogP contribution in [0.15, 0.2) is 24.3 Å². The standard InChI is InChI=1S/C64H119NO18/c1-3-5-7-9-11-13-14-15-16-17-18-19-20-21-22-23-24-25-26-27-28-29-30-31-32-34-36-38-40-42-52(70)65-47(48(69)41-39-37-35-33-12-10-8-6-4-2)46-78-62-58(76)55(73)60(50(44-67)80-62)83-64-59(77)56(74)61(51(45-68)81-64)82-63-57(75)54(72)53(71)49(43-66)79-63/h12,33,39,41,47-51,53-64,66-69,71-77H,3-11,13-32,34-38,40,42-46H2,1-2H3,(H,65,70)/b33-12+,41-39+. The van der Waals surface area contributed by atoms with Crippen molar-refractivity contribution in [1.29, 1.82) is 0 Å². The number of aliphatic hydroxyl groups is 11. The molecule has 0 aromatic rings. The smallest absolute Gasteiger partial charge is 0.220 e. The Kier molecular flexibility index (Phi) is 43.0. The van der Waals surface area contributed by atoms with Crippen LogP contribution in [0.3, 0.4) is 0 Å². The minimum absolute atomic E-state index is 0.240. The van der Waals surface area contributed by atoms with E-state index in [9.17, 15) is 61.0 Å². The number of allylic oxidation sites excluding steroid dienone is 3. The molecule has 0 radical (unpaired) electrons. The normalized spacial score (nSPS) is 29.5. The number of hydrogen-bond acceptors (Lipinski definition) is 18. The highest BCUT2D eigenvalue weighted by Crippen LogP contribution is 2.33. The molecule has 1 amide bonds. The van der Waals surface area contributed by atoms with Crippen LogP contribution >= 0.6 is 0 Å². The van der Waals surface area contributed by atoms with Crippen molar-refractivity contribution >= 4 is 5.91 Å². The van der Waals surface area contributed by atoms with Crippen LogP contribution in [0.4, 0.5) is 0 Å². The van der Waals surface area contributed by atoms with E-state index in [1.165, 1.54) is 167 Å². The van der Waals surface area contributed by atoms with E-state index < -0.39 is 124 Å². The van der Waals surface area contributed by atoms with Crippen LogP contribution in [-0.2, 0) is 33.2 Å². The fraction of sp³-hybridized carbons (Fsp3) is 0.922. The number of amides is 1. The van der Waals surface area contributed by atoms with E-state index in [4.69, 9.17) is 28.4 Å². The number of hydrogen-bond donors (Lipinski definition) is 12. The number of ether oxygens (including phenoxy) is 6. The third-order valence-electron chi connectivity index (χ3n) is 16.8. The zero-order valence-corrected chi connectivity index (χ0v) is 51.2. The van der Waals surface area contributed by atoms with Gasteiger partial charge < -0.3 is 89.9 Å². The highest BCUT2D eigenvalue weighted by atomic mass is 16.8. The zero-order chi connectivity index (χ0) is 60.5. The summed E-state index contributed by atoms with van der Waals surface area (Å²) in [6.45, 7) is 1.66. The van der Waals surface area contributed by atoms with Crippen molar-refractivity contribution in [1.82, 2.24) is 5.32 Å². The van der Waals surface area contributed by atoms with Gasteiger partial charge in [-0.15, -0.1) is 0 Å². The molecular formula is C64H119NO18. The highest BCUT2D eigenvalue weighted by Gasteiger charge is 2.53. The average molecular weight is 1190 g/mol. The first-order chi connectivity index (χ1) is 40.3. The topological polar surface area (TPSA) is 307 Å². The fourth-order valence-corrected chi connectivity index (χ4v) is 11.3. The Morgan fingerprint density at radius 2 is 0.771 bits per heavy atom. The molecule has 19 heteroatoms. The molecule has 19 nitrogen and oxygen atoms in total. The summed E-state index contributed by atoms with van der Waals surface area (Å²) in [7, 11) is 0. The van der Waals surface area contributed by atoms with Crippen LogP contribution in [0.25, 0.3) is 0 Å². The lowest BCUT2D eigenvalue weighted by atomic mass is 9.96. The van der Waals surface area contributed by atoms with E-state index in [2.05, 4.69) is 31.3 Å². The molecule has 0 aromatic carbocycles. The third-order valence-corrected chi connectivity index (χ3v) is 16.8. The minimum atomic E-state index is -1.98. The van der Waals surface area contributed by atoms with Crippen molar-refractivity contribution in [2.45, 2.75) is 349 Å². The predicted molar refractivity (Wildman–Crippen MR) is 319 cm³/mol. The maximum absolute atomic E-state index is 13.3. The second-order valence-corrected chi connectivity index (χ2v) is 23.9. The summed E-state index contributed by atoms with van der Waals surface area (Å²) >= 11 is 0. The highest BCUT2D eigenvalue weighted by molar-refractivity contribution is 5.76. The van der Waals surface area contributed by atoms with Gasteiger partial charge in [-0.1, -0.05) is 231 Å². The van der Waals surface area contributed by atoms with Crippen LogP contribution < -0.4 is 5.32 Å². The van der Waals surface area contributed by atoms with Gasteiger partial charge in [0, 0.05) is 6.42 Å². The van der Waals surface area contributed by atoms with Gasteiger partial charge in [-0.3, -0.25) is 4.79 Å². The van der Waals surface area contributed by atoms with Crippen LogP contribution in [-0.4, -0.2) is 193 Å². The van der Waals surface area contributed by atoms with Gasteiger partial charge in [0.25, 0.3) is 0 Å². The van der Waals surface area contributed by atoms with Crippen molar-refractivity contribution in [2.75, 3.05) is 26.4 Å². The Labute approximate surface area is 498 Å². The van der Waals surface area contributed by atoms with Gasteiger partial charge in [0.1, 0.15) is 73.2 Å². The van der Waals surface area contributed by atoms with Gasteiger partial charge in [0.15, 0.2) is 18.9 Å². The largest absolute Gasteiger partial charge is 0.394 e. The van der Waals surface area contributed by atoms with E-state index in [-0.39, 0.29) is 18.9 Å². The molecule has 17 unspecified atom stereocenters. The number of carbonyl (C=O) groups excluding carboxylic acids is 1. The molecule has 3 heterocycles. The molecule has 0 aliphatic carbocycles. The molecule has 3 aliphatic rings. The monoisotopic (exact) mass is 1190 g/mol. The van der Waals surface area contributed by atoms with Crippen LogP contribution in [0.2, 0.25) is 0 Å². The Hall–Kier alpha value is -1.73. The molecule has 0 saturated carbocycles. The van der Waals surface area contributed by atoms with Crippen LogP contribution in [0.1, 0.15) is 245 Å². The van der Waals surface area contributed by atoms with Crippen molar-refractivity contribution in [3.05, 3.63) is 24.3 Å². The van der Waals surface area contributed by atoms with Gasteiger partial charge in [0.2, 0.25) is 5.91 Å². The van der Waals surface area contributed by atoms with Gasteiger partial charge >= 0.3 is 0 Å². The quantitative estimate of drug-likeness (QED) is 0.0207. The average Bonchev–Trinajstić information content (AvgIpc) is 3.25. The van der Waals surface area contributed by atoms with E-state index >= 15 is 0 Å². The van der Waals surface area contributed by atoms with Crippen molar-refractivity contribution < 1.29 is 89.4 Å². The predicted octanol–water partition coefficient (Wildman–Crippen LogP) is 7.49. The maximum atomic E-state index is 13.3. The second kappa shape index (κ2) is 47.3. The van der Waals surface area contributed by atoms with E-state index in [0.717, 1.165) is 44.9 Å². The molecule has 83 heavy (non-hydrogen) atoms. The SMILES string of the molecule is CCCCC/C=C/CC/C=C/C(O)C(COC1OC(CO)C(OC2OC(CO)C(OC3OC(CO)C(O)C(O)C3O)C(O)C2O)C(O)C1O)NC(=O)CCCCCCCCCCCCCCCCCCCCCCCCCCCCCCC. The Bertz CT molecular complexity index is 1610. The van der Waals surface area contributed by atoms with Gasteiger partial charge in [0.05, 0.1) is 38.6 Å². The van der Waals surface area contributed by atoms with Crippen LogP contribution in [0, 0.1) is 0 Å². The molecule has 3 saturated heterocycles. The lowest BCUT2D eigenvalue weighted by molar-refractivity contribution is -0.379. The fourth-order valence-electron chi connectivity index (χ4n) is 11.3. The van der Waals surface area contributed by atoms with Crippen molar-refractivity contribution in [2.24, 2.45) is 0 Å². The third kappa shape index (κ3) is 30.4. The number of rotatable bonds is 50. The summed E-state index contributed by atoms with van der Waals surface area (Å²) in [5, 5.41) is 120. The van der Waals surface area contributed by atoms with Gasteiger partial charge in [-0.25, -0.2) is 0 Å². The Balaban J connectivity index is 1.36. The van der Waals surface area contributed by atoms with Crippen molar-refractivity contribution in [3.63, 3.8) is 0 Å². The second-order valence-electron chi connectivity index (χ2n) is 23.9. The molecule has 12 N–H and O–H groups in total. The first-order valence-electron chi connectivity index (χ1n) is 33.1. The number of carbonyl (C=O) groups is 1. The molecule has 488 valence electrons. The number of unbranched alkanes of at least 4 members (excludes halogenated alkanes) is 32. The van der Waals surface area contributed by atoms with Gasteiger partial charge in [-0.05, 0) is 32.1 Å². The van der Waals surface area contributed by atoms with Crippen molar-refractivity contribution in [3.8, 4) is 0 Å². The molecule has 0 bridgehead atoms. The summed E-state index contributed by atoms with van der Waals surface area (Å²) in [6.07, 6.45) is 25.0. The Morgan fingerprint density at radius 3 is 1.20 bits per heavy atom. The first-order valence-corrected chi connectivity index (χ1v) is 33.1. The lowest BCUT2D eigenvalue weighted by Crippen LogP contribution is -2.66. The van der Waals surface area contributed by atoms with Gasteiger partial charge in [-0.2, -0.15) is 0 Å². The molecule has 3 aliphatic heterocycles. The minimum Gasteiger partial charge on any atom is -0.394 e. The summed E-state index contributed by atoms with van der Waals surface area (Å²) in [5.74, 6) is -0.284. The number of nitrogens with one attached hydrogen (secondary N) is 1. The molecule has 3 fully saturated rings. The maximum Gasteiger partial charge on any atom is 0.220 e. The molecule has 3 rings (SSSR count).